The van der Waals surface area contributed by atoms with E-state index in [-0.39, 0.29) is 28.6 Å². The van der Waals surface area contributed by atoms with Crippen LogP contribution in [0.15, 0.2) is 24.5 Å². The highest BCUT2D eigenvalue weighted by Gasteiger charge is 2.18. The molecule has 0 atom stereocenters. The van der Waals surface area contributed by atoms with Crippen molar-refractivity contribution in [2.45, 2.75) is 6.92 Å². The van der Waals surface area contributed by atoms with Gasteiger partial charge in [0, 0.05) is 18.0 Å². The van der Waals surface area contributed by atoms with Gasteiger partial charge in [0.25, 0.3) is 11.6 Å². The number of halogens is 1. The second-order valence-electron chi connectivity index (χ2n) is 3.75. The van der Waals surface area contributed by atoms with Crippen LogP contribution in [0.2, 0.25) is 0 Å². The fourth-order valence-electron chi connectivity index (χ4n) is 1.50. The minimum Gasteiger partial charge on any atom is -0.433 e. The quantitative estimate of drug-likeness (QED) is 0.629. The van der Waals surface area contributed by atoms with Crippen molar-refractivity contribution in [1.29, 1.82) is 5.26 Å². The topological polar surface area (TPSA) is 102 Å². The molecule has 0 N–H and O–H groups in total. The summed E-state index contributed by atoms with van der Waals surface area (Å²) >= 11 is 0. The van der Waals surface area contributed by atoms with Crippen LogP contribution in [0.25, 0.3) is 0 Å². The standard InChI is InChI=1S/C12H7FN4O3/c1-7-4-11(8(13)5-10(7)17(18)19)20-12-9(6-14)15-2-3-16-12/h2-5H,1H3. The molecule has 2 rings (SSSR count). The summed E-state index contributed by atoms with van der Waals surface area (Å²) < 4.78 is 18.9. The lowest BCUT2D eigenvalue weighted by molar-refractivity contribution is -0.385. The molecule has 8 heteroatoms. The van der Waals surface area contributed by atoms with Crippen molar-refractivity contribution in [2.75, 3.05) is 0 Å². The summed E-state index contributed by atoms with van der Waals surface area (Å²) in [6.07, 6.45) is 2.58. The molecular formula is C12H7FN4O3. The molecule has 1 aromatic carbocycles. The van der Waals surface area contributed by atoms with Crippen LogP contribution in [-0.2, 0) is 0 Å². The molecule has 0 bridgehead atoms. The maximum Gasteiger partial charge on any atom is 0.275 e. The lowest BCUT2D eigenvalue weighted by Crippen LogP contribution is -1.98. The fraction of sp³-hybridized carbons (Fsp3) is 0.0833. The number of nitro groups is 1. The highest BCUT2D eigenvalue weighted by molar-refractivity contribution is 5.47. The van der Waals surface area contributed by atoms with E-state index in [2.05, 4.69) is 9.97 Å². The summed E-state index contributed by atoms with van der Waals surface area (Å²) in [5.41, 5.74) is -0.230. The summed E-state index contributed by atoms with van der Waals surface area (Å²) in [6, 6.07) is 3.68. The first-order valence-corrected chi connectivity index (χ1v) is 5.36. The first-order valence-electron chi connectivity index (χ1n) is 5.36. The van der Waals surface area contributed by atoms with Crippen molar-refractivity contribution in [3.8, 4) is 17.7 Å². The summed E-state index contributed by atoms with van der Waals surface area (Å²) in [7, 11) is 0. The number of nitrogens with zero attached hydrogens (tertiary/aromatic N) is 4. The number of aryl methyl sites for hydroxylation is 1. The Bertz CT molecular complexity index is 727. The molecule has 0 aliphatic carbocycles. The molecule has 100 valence electrons. The van der Waals surface area contributed by atoms with Crippen LogP contribution in [-0.4, -0.2) is 14.9 Å². The summed E-state index contributed by atoms with van der Waals surface area (Å²) in [5, 5.41) is 19.5. The number of aromatic nitrogens is 2. The Morgan fingerprint density at radius 3 is 2.75 bits per heavy atom. The van der Waals surface area contributed by atoms with Crippen LogP contribution in [0.1, 0.15) is 11.3 Å². The van der Waals surface area contributed by atoms with Crippen LogP contribution < -0.4 is 4.74 Å². The van der Waals surface area contributed by atoms with Crippen molar-refractivity contribution in [1.82, 2.24) is 9.97 Å². The first kappa shape index (κ1) is 13.4. The fourth-order valence-corrected chi connectivity index (χ4v) is 1.50. The van der Waals surface area contributed by atoms with E-state index < -0.39 is 10.7 Å². The molecule has 0 radical (unpaired) electrons. The van der Waals surface area contributed by atoms with Gasteiger partial charge in [-0.2, -0.15) is 5.26 Å². The molecule has 0 amide bonds. The predicted molar refractivity (Wildman–Crippen MR) is 64.6 cm³/mol. The summed E-state index contributed by atoms with van der Waals surface area (Å²) in [5.74, 6) is -1.34. The minimum atomic E-state index is -0.920. The smallest absolute Gasteiger partial charge is 0.275 e. The lowest BCUT2D eigenvalue weighted by Gasteiger charge is -2.07. The van der Waals surface area contributed by atoms with Gasteiger partial charge in [-0.25, -0.2) is 14.4 Å². The molecule has 7 nitrogen and oxygen atoms in total. The number of hydrogen-bond acceptors (Lipinski definition) is 6. The maximum absolute atomic E-state index is 13.8. The van der Waals surface area contributed by atoms with Gasteiger partial charge < -0.3 is 4.74 Å². The Morgan fingerprint density at radius 2 is 2.10 bits per heavy atom. The Kier molecular flexibility index (Phi) is 3.52. The third kappa shape index (κ3) is 2.51. The maximum atomic E-state index is 13.8. The van der Waals surface area contributed by atoms with Crippen LogP contribution in [0.3, 0.4) is 0 Å². The third-order valence-electron chi connectivity index (χ3n) is 2.42. The Hall–Kier alpha value is -3.08. The second-order valence-corrected chi connectivity index (χ2v) is 3.75. The highest BCUT2D eigenvalue weighted by atomic mass is 19.1. The molecule has 0 unspecified atom stereocenters. The Balaban J connectivity index is 2.43. The van der Waals surface area contributed by atoms with Gasteiger partial charge in [0.1, 0.15) is 6.07 Å². The van der Waals surface area contributed by atoms with E-state index in [4.69, 9.17) is 10.00 Å². The van der Waals surface area contributed by atoms with Crippen LogP contribution in [0, 0.1) is 34.2 Å². The van der Waals surface area contributed by atoms with Gasteiger partial charge in [-0.05, 0) is 13.0 Å². The molecule has 0 saturated heterocycles. The van der Waals surface area contributed by atoms with Crippen molar-refractivity contribution < 1.29 is 14.1 Å². The minimum absolute atomic E-state index is 0.108. The van der Waals surface area contributed by atoms with Gasteiger partial charge in [0.2, 0.25) is 5.69 Å². The Morgan fingerprint density at radius 1 is 1.40 bits per heavy atom. The van der Waals surface area contributed by atoms with E-state index in [1.165, 1.54) is 25.4 Å². The number of nitro benzene ring substituents is 1. The first-order chi connectivity index (χ1) is 9.52. The zero-order chi connectivity index (χ0) is 14.7. The molecular weight excluding hydrogens is 267 g/mol. The number of benzene rings is 1. The number of ether oxygens (including phenoxy) is 1. The molecule has 2 aromatic rings. The number of rotatable bonds is 3. The predicted octanol–water partition coefficient (Wildman–Crippen LogP) is 2.50. The zero-order valence-corrected chi connectivity index (χ0v) is 10.2. The van der Waals surface area contributed by atoms with Gasteiger partial charge in [-0.3, -0.25) is 10.1 Å². The van der Waals surface area contributed by atoms with Crippen molar-refractivity contribution in [3.63, 3.8) is 0 Å². The van der Waals surface area contributed by atoms with E-state index >= 15 is 0 Å². The van der Waals surface area contributed by atoms with Crippen molar-refractivity contribution >= 4 is 5.69 Å². The molecule has 0 fully saturated rings. The molecule has 0 saturated carbocycles. The van der Waals surface area contributed by atoms with Crippen LogP contribution in [0.4, 0.5) is 10.1 Å². The lowest BCUT2D eigenvalue weighted by atomic mass is 10.2. The average molecular weight is 274 g/mol. The second kappa shape index (κ2) is 5.27. The van der Waals surface area contributed by atoms with Gasteiger partial charge in [-0.1, -0.05) is 0 Å². The molecule has 0 spiro atoms. The van der Waals surface area contributed by atoms with Gasteiger partial charge >= 0.3 is 0 Å². The van der Waals surface area contributed by atoms with Gasteiger partial charge in [-0.15, -0.1) is 0 Å². The average Bonchev–Trinajstić information content (AvgIpc) is 2.42. The van der Waals surface area contributed by atoms with E-state index in [1.54, 1.807) is 6.07 Å². The van der Waals surface area contributed by atoms with E-state index in [0.717, 1.165) is 6.07 Å². The molecule has 20 heavy (non-hydrogen) atoms. The highest BCUT2D eigenvalue weighted by Crippen LogP contribution is 2.30. The van der Waals surface area contributed by atoms with Crippen molar-refractivity contribution in [3.05, 3.63) is 51.7 Å². The number of nitriles is 1. The molecule has 0 aliphatic rings. The van der Waals surface area contributed by atoms with E-state index in [1.807, 2.05) is 0 Å². The molecule has 1 aromatic heterocycles. The summed E-state index contributed by atoms with van der Waals surface area (Å²) in [6.45, 7) is 1.45. The van der Waals surface area contributed by atoms with Crippen LogP contribution >= 0.6 is 0 Å². The van der Waals surface area contributed by atoms with Crippen molar-refractivity contribution in [2.24, 2.45) is 0 Å². The van der Waals surface area contributed by atoms with E-state index in [0.29, 0.717) is 0 Å². The third-order valence-corrected chi connectivity index (χ3v) is 2.42. The number of hydrogen-bond donors (Lipinski definition) is 0. The largest absolute Gasteiger partial charge is 0.433 e. The summed E-state index contributed by atoms with van der Waals surface area (Å²) in [4.78, 5) is 17.5. The normalized spacial score (nSPS) is 9.85. The zero-order valence-electron chi connectivity index (χ0n) is 10.2. The molecule has 1 heterocycles. The Labute approximate surface area is 112 Å². The monoisotopic (exact) mass is 274 g/mol. The molecule has 0 aliphatic heterocycles. The van der Waals surface area contributed by atoms with Crippen LogP contribution in [0.5, 0.6) is 11.6 Å². The van der Waals surface area contributed by atoms with Gasteiger partial charge in [0.15, 0.2) is 11.6 Å². The SMILES string of the molecule is Cc1cc(Oc2nccnc2C#N)c(F)cc1[N+](=O)[O-]. The van der Waals surface area contributed by atoms with Gasteiger partial charge in [0.05, 0.1) is 11.0 Å². The van der Waals surface area contributed by atoms with E-state index in [9.17, 15) is 14.5 Å².